The number of hydrogen-bond acceptors (Lipinski definition) is 6. The molecule has 0 radical (unpaired) electrons. The molecule has 0 aromatic heterocycles. The van der Waals surface area contributed by atoms with Gasteiger partial charge in [0.1, 0.15) is 28.9 Å². The van der Waals surface area contributed by atoms with Crippen molar-refractivity contribution in [3.63, 3.8) is 0 Å². The average Bonchev–Trinajstić information content (AvgIpc) is 2.90. The third-order valence-electron chi connectivity index (χ3n) is 6.62. The standard InChI is InChI=1S/C32H34N2O4/c1-5-6-7-18-36-24-14-10-22(11-15-24)31(35)37-25-16-17-26-28(19-25)38-30(34)27(20-33)29(26)21-8-12-23(13-9-21)32(2,3)4/h8-17,19,29H,5-7,18,34H2,1-4H3. The Kier molecular flexibility index (Phi) is 8.07. The number of esters is 1. The van der Waals surface area contributed by atoms with E-state index in [1.54, 1.807) is 36.4 Å². The van der Waals surface area contributed by atoms with Crippen molar-refractivity contribution in [1.29, 1.82) is 5.26 Å². The van der Waals surface area contributed by atoms with Crippen LogP contribution in [-0.2, 0) is 5.41 Å². The van der Waals surface area contributed by atoms with Crippen molar-refractivity contribution in [1.82, 2.24) is 0 Å². The van der Waals surface area contributed by atoms with Gasteiger partial charge in [-0.2, -0.15) is 5.26 Å². The number of carbonyl (C=O) groups is 1. The van der Waals surface area contributed by atoms with Crippen LogP contribution in [0, 0.1) is 11.3 Å². The third kappa shape index (κ3) is 6.00. The Morgan fingerprint density at radius 2 is 1.68 bits per heavy atom. The highest BCUT2D eigenvalue weighted by atomic mass is 16.5. The molecule has 0 saturated carbocycles. The molecule has 6 heteroatoms. The van der Waals surface area contributed by atoms with E-state index in [4.69, 9.17) is 19.9 Å². The van der Waals surface area contributed by atoms with E-state index in [-0.39, 0.29) is 17.2 Å². The summed E-state index contributed by atoms with van der Waals surface area (Å²) in [5.74, 6) is 0.664. The molecule has 196 valence electrons. The third-order valence-corrected chi connectivity index (χ3v) is 6.62. The minimum Gasteiger partial charge on any atom is -0.494 e. The van der Waals surface area contributed by atoms with E-state index >= 15 is 0 Å². The van der Waals surface area contributed by atoms with Crippen LogP contribution in [0.15, 0.2) is 78.2 Å². The lowest BCUT2D eigenvalue weighted by Crippen LogP contribution is -2.21. The van der Waals surface area contributed by atoms with Crippen molar-refractivity contribution < 1.29 is 19.0 Å². The number of benzene rings is 3. The number of allylic oxidation sites excluding steroid dienone is 1. The van der Waals surface area contributed by atoms with Crippen LogP contribution in [0.25, 0.3) is 0 Å². The van der Waals surface area contributed by atoms with Gasteiger partial charge >= 0.3 is 5.97 Å². The van der Waals surface area contributed by atoms with Gasteiger partial charge in [0.15, 0.2) is 0 Å². The Labute approximate surface area is 224 Å². The van der Waals surface area contributed by atoms with Gasteiger partial charge in [0.05, 0.1) is 18.1 Å². The van der Waals surface area contributed by atoms with E-state index in [0.717, 1.165) is 36.1 Å². The Morgan fingerprint density at radius 3 is 2.32 bits per heavy atom. The quantitative estimate of drug-likeness (QED) is 0.199. The minimum absolute atomic E-state index is 0.0137. The summed E-state index contributed by atoms with van der Waals surface area (Å²) in [6, 6.07) is 22.5. The molecule has 1 unspecified atom stereocenters. The first-order chi connectivity index (χ1) is 18.2. The number of hydrogen-bond donors (Lipinski definition) is 1. The monoisotopic (exact) mass is 510 g/mol. The van der Waals surface area contributed by atoms with Gasteiger partial charge in [-0.05, 0) is 53.3 Å². The maximum atomic E-state index is 12.8. The van der Waals surface area contributed by atoms with Crippen LogP contribution in [0.3, 0.4) is 0 Å². The second-order valence-corrected chi connectivity index (χ2v) is 10.5. The highest BCUT2D eigenvalue weighted by Crippen LogP contribution is 2.43. The van der Waals surface area contributed by atoms with Gasteiger partial charge in [0.2, 0.25) is 5.88 Å². The fourth-order valence-electron chi connectivity index (χ4n) is 4.41. The first-order valence-electron chi connectivity index (χ1n) is 13.0. The van der Waals surface area contributed by atoms with E-state index in [1.165, 1.54) is 5.56 Å². The van der Waals surface area contributed by atoms with Crippen molar-refractivity contribution in [2.75, 3.05) is 6.61 Å². The topological polar surface area (TPSA) is 94.6 Å². The molecule has 1 aliphatic heterocycles. The molecule has 3 aromatic rings. The Hall–Kier alpha value is -4.24. The van der Waals surface area contributed by atoms with Gasteiger partial charge in [0, 0.05) is 11.6 Å². The summed E-state index contributed by atoms with van der Waals surface area (Å²) >= 11 is 0. The predicted octanol–water partition coefficient (Wildman–Crippen LogP) is 6.99. The Balaban J connectivity index is 1.53. The lowest BCUT2D eigenvalue weighted by Gasteiger charge is -2.27. The molecule has 0 spiro atoms. The summed E-state index contributed by atoms with van der Waals surface area (Å²) in [4.78, 5) is 12.8. The van der Waals surface area contributed by atoms with Gasteiger partial charge in [-0.15, -0.1) is 0 Å². The molecule has 1 atom stereocenters. The second-order valence-electron chi connectivity index (χ2n) is 10.5. The lowest BCUT2D eigenvalue weighted by molar-refractivity contribution is 0.0734. The number of fused-ring (bicyclic) bond motifs is 1. The summed E-state index contributed by atoms with van der Waals surface area (Å²) in [5, 5.41) is 9.85. The molecule has 0 aliphatic carbocycles. The molecule has 0 fully saturated rings. The summed E-state index contributed by atoms with van der Waals surface area (Å²) in [6.45, 7) is 9.27. The highest BCUT2D eigenvalue weighted by Gasteiger charge is 2.31. The van der Waals surface area contributed by atoms with Crippen molar-refractivity contribution in [2.45, 2.75) is 58.3 Å². The molecule has 0 bridgehead atoms. The molecular weight excluding hydrogens is 476 g/mol. The summed E-state index contributed by atoms with van der Waals surface area (Å²) in [5.41, 5.74) is 9.84. The zero-order valence-corrected chi connectivity index (χ0v) is 22.4. The maximum Gasteiger partial charge on any atom is 0.343 e. The normalized spacial score (nSPS) is 14.8. The summed E-state index contributed by atoms with van der Waals surface area (Å²) in [6.07, 6.45) is 3.26. The lowest BCUT2D eigenvalue weighted by atomic mass is 9.81. The fourth-order valence-corrected chi connectivity index (χ4v) is 4.41. The smallest absolute Gasteiger partial charge is 0.343 e. The van der Waals surface area contributed by atoms with Crippen LogP contribution >= 0.6 is 0 Å². The van der Waals surface area contributed by atoms with Crippen LogP contribution in [0.2, 0.25) is 0 Å². The number of nitrogens with two attached hydrogens (primary N) is 1. The zero-order valence-electron chi connectivity index (χ0n) is 22.4. The number of nitrogens with zero attached hydrogens (tertiary/aromatic N) is 1. The van der Waals surface area contributed by atoms with E-state index in [2.05, 4.69) is 45.9 Å². The first kappa shape index (κ1) is 26.8. The predicted molar refractivity (Wildman–Crippen MR) is 147 cm³/mol. The van der Waals surface area contributed by atoms with E-state index in [0.29, 0.717) is 29.2 Å². The van der Waals surface area contributed by atoms with E-state index in [9.17, 15) is 10.1 Å². The number of nitriles is 1. The van der Waals surface area contributed by atoms with Crippen LogP contribution < -0.4 is 19.9 Å². The largest absolute Gasteiger partial charge is 0.494 e. The fraction of sp³-hybridized carbons (Fsp3) is 0.312. The molecule has 0 saturated heterocycles. The van der Waals surface area contributed by atoms with Gasteiger partial charge in [-0.1, -0.05) is 70.9 Å². The summed E-state index contributed by atoms with van der Waals surface area (Å²) < 4.78 is 17.1. The van der Waals surface area contributed by atoms with Gasteiger partial charge in [0.25, 0.3) is 0 Å². The number of unbranched alkanes of at least 4 members (excludes halogenated alkanes) is 2. The number of ether oxygens (including phenoxy) is 3. The minimum atomic E-state index is -0.492. The van der Waals surface area contributed by atoms with Crippen molar-refractivity contribution in [2.24, 2.45) is 5.73 Å². The van der Waals surface area contributed by atoms with Crippen LogP contribution in [0.4, 0.5) is 0 Å². The van der Waals surface area contributed by atoms with Crippen molar-refractivity contribution in [3.8, 4) is 23.3 Å². The van der Waals surface area contributed by atoms with E-state index < -0.39 is 5.97 Å². The molecule has 0 amide bonds. The zero-order chi connectivity index (χ0) is 27.3. The number of rotatable bonds is 8. The molecule has 3 aromatic carbocycles. The molecular formula is C32H34N2O4. The molecule has 2 N–H and O–H groups in total. The molecule has 38 heavy (non-hydrogen) atoms. The Bertz CT molecular complexity index is 1360. The average molecular weight is 511 g/mol. The van der Waals surface area contributed by atoms with Gasteiger partial charge < -0.3 is 19.9 Å². The highest BCUT2D eigenvalue weighted by molar-refractivity contribution is 5.91. The molecule has 1 heterocycles. The molecule has 6 nitrogen and oxygen atoms in total. The molecule has 4 rings (SSSR count). The van der Waals surface area contributed by atoms with Crippen LogP contribution in [-0.4, -0.2) is 12.6 Å². The SMILES string of the molecule is CCCCCOc1ccc(C(=O)Oc2ccc3c(c2)OC(N)=C(C#N)C3c2ccc(C(C)(C)C)cc2)cc1. The van der Waals surface area contributed by atoms with Crippen LogP contribution in [0.1, 0.15) is 79.9 Å². The van der Waals surface area contributed by atoms with Gasteiger partial charge in [-0.3, -0.25) is 0 Å². The number of carbonyl (C=O) groups excluding carboxylic acids is 1. The summed E-state index contributed by atoms with van der Waals surface area (Å²) in [7, 11) is 0. The maximum absolute atomic E-state index is 12.8. The van der Waals surface area contributed by atoms with Gasteiger partial charge in [-0.25, -0.2) is 4.79 Å². The first-order valence-corrected chi connectivity index (χ1v) is 13.0. The van der Waals surface area contributed by atoms with Crippen LogP contribution in [0.5, 0.6) is 17.2 Å². The van der Waals surface area contributed by atoms with Crippen molar-refractivity contribution in [3.05, 3.63) is 100 Å². The van der Waals surface area contributed by atoms with Crippen molar-refractivity contribution >= 4 is 5.97 Å². The molecule has 1 aliphatic rings. The van der Waals surface area contributed by atoms with E-state index in [1.807, 2.05) is 18.2 Å². The Morgan fingerprint density at radius 1 is 1.00 bits per heavy atom. The second kappa shape index (κ2) is 11.4.